The van der Waals surface area contributed by atoms with Gasteiger partial charge < -0.3 is 5.73 Å². The molecule has 0 unspecified atom stereocenters. The molecule has 2 rings (SSSR count). The summed E-state index contributed by atoms with van der Waals surface area (Å²) in [5, 5.41) is 3.84. The standard InChI is InChI=1S/C10H8ClFN4S/c1-5-9(17-16-15-5)10(13)14-6-2-3-8(12)7(11)4-6/h2-4H,1H3,(H2,13,14). The van der Waals surface area contributed by atoms with Crippen molar-refractivity contribution in [3.63, 3.8) is 0 Å². The van der Waals surface area contributed by atoms with Gasteiger partial charge in [0.2, 0.25) is 0 Å². The zero-order valence-electron chi connectivity index (χ0n) is 8.82. The molecule has 0 aliphatic carbocycles. The molecule has 0 bridgehead atoms. The molecule has 1 aromatic carbocycles. The van der Waals surface area contributed by atoms with Crippen molar-refractivity contribution in [1.29, 1.82) is 0 Å². The summed E-state index contributed by atoms with van der Waals surface area (Å²) in [6.45, 7) is 1.79. The van der Waals surface area contributed by atoms with Crippen LogP contribution in [0.2, 0.25) is 5.02 Å². The number of aromatic nitrogens is 2. The Morgan fingerprint density at radius 1 is 1.53 bits per heavy atom. The van der Waals surface area contributed by atoms with Crippen LogP contribution >= 0.6 is 23.1 Å². The van der Waals surface area contributed by atoms with E-state index in [1.54, 1.807) is 6.92 Å². The van der Waals surface area contributed by atoms with E-state index >= 15 is 0 Å². The van der Waals surface area contributed by atoms with Gasteiger partial charge in [-0.2, -0.15) is 0 Å². The van der Waals surface area contributed by atoms with Gasteiger partial charge in [-0.3, -0.25) is 0 Å². The lowest BCUT2D eigenvalue weighted by atomic mass is 10.3. The van der Waals surface area contributed by atoms with Crippen LogP contribution in [0.3, 0.4) is 0 Å². The van der Waals surface area contributed by atoms with Crippen molar-refractivity contribution >= 4 is 34.7 Å². The van der Waals surface area contributed by atoms with Crippen LogP contribution in [0.5, 0.6) is 0 Å². The predicted molar refractivity (Wildman–Crippen MR) is 66.4 cm³/mol. The predicted octanol–water partition coefficient (Wildman–Crippen LogP) is 2.68. The van der Waals surface area contributed by atoms with E-state index in [2.05, 4.69) is 14.6 Å². The first-order chi connectivity index (χ1) is 8.08. The maximum absolute atomic E-state index is 12.9. The molecule has 2 N–H and O–H groups in total. The number of nitrogens with zero attached hydrogens (tertiary/aromatic N) is 3. The number of nitrogens with two attached hydrogens (primary N) is 1. The quantitative estimate of drug-likeness (QED) is 0.674. The zero-order valence-corrected chi connectivity index (χ0v) is 10.4. The molecule has 88 valence electrons. The average Bonchev–Trinajstić information content (AvgIpc) is 2.70. The summed E-state index contributed by atoms with van der Waals surface area (Å²) in [6, 6.07) is 4.15. The van der Waals surface area contributed by atoms with E-state index in [1.165, 1.54) is 18.2 Å². The van der Waals surface area contributed by atoms with Crippen LogP contribution in [-0.2, 0) is 0 Å². The van der Waals surface area contributed by atoms with E-state index in [0.29, 0.717) is 22.1 Å². The van der Waals surface area contributed by atoms with E-state index in [1.807, 2.05) is 0 Å². The number of aliphatic imine (C=N–C) groups is 1. The molecule has 7 heteroatoms. The van der Waals surface area contributed by atoms with Crippen LogP contribution < -0.4 is 5.73 Å². The van der Waals surface area contributed by atoms with Crippen molar-refractivity contribution in [3.8, 4) is 0 Å². The number of amidine groups is 1. The minimum atomic E-state index is -0.486. The molecule has 17 heavy (non-hydrogen) atoms. The Balaban J connectivity index is 2.36. The largest absolute Gasteiger partial charge is 0.382 e. The number of hydrogen-bond donors (Lipinski definition) is 1. The Hall–Kier alpha value is -1.53. The molecule has 0 aliphatic heterocycles. The molecule has 0 aliphatic rings. The van der Waals surface area contributed by atoms with Gasteiger partial charge in [0.25, 0.3) is 0 Å². The summed E-state index contributed by atoms with van der Waals surface area (Å²) >= 11 is 6.81. The van der Waals surface area contributed by atoms with Gasteiger partial charge >= 0.3 is 0 Å². The minimum Gasteiger partial charge on any atom is -0.382 e. The number of halogens is 2. The third-order valence-corrected chi connectivity index (χ3v) is 3.18. The molecule has 0 amide bonds. The minimum absolute atomic E-state index is 0.0122. The third-order valence-electron chi connectivity index (χ3n) is 2.04. The lowest BCUT2D eigenvalue weighted by Gasteiger charge is -1.99. The highest BCUT2D eigenvalue weighted by Crippen LogP contribution is 2.22. The summed E-state index contributed by atoms with van der Waals surface area (Å²) in [5.41, 5.74) is 7.00. The van der Waals surface area contributed by atoms with Crippen molar-refractivity contribution in [3.05, 3.63) is 39.6 Å². The van der Waals surface area contributed by atoms with Crippen molar-refractivity contribution in [2.75, 3.05) is 0 Å². The van der Waals surface area contributed by atoms with Gasteiger partial charge in [0.15, 0.2) is 0 Å². The topological polar surface area (TPSA) is 64.2 Å². The fourth-order valence-electron chi connectivity index (χ4n) is 1.21. The van der Waals surface area contributed by atoms with Crippen molar-refractivity contribution in [2.24, 2.45) is 10.7 Å². The molecule has 2 aromatic rings. The Morgan fingerprint density at radius 3 is 2.88 bits per heavy atom. The van der Waals surface area contributed by atoms with E-state index in [0.717, 1.165) is 11.5 Å². The Bertz CT molecular complexity index is 581. The van der Waals surface area contributed by atoms with Crippen LogP contribution in [0.1, 0.15) is 10.6 Å². The van der Waals surface area contributed by atoms with Crippen LogP contribution in [-0.4, -0.2) is 15.4 Å². The van der Waals surface area contributed by atoms with Gasteiger partial charge in [-0.05, 0) is 36.7 Å². The third kappa shape index (κ3) is 2.59. The molecular formula is C10H8ClFN4S. The number of rotatable bonds is 2. The highest BCUT2D eigenvalue weighted by atomic mass is 35.5. The molecule has 0 saturated heterocycles. The van der Waals surface area contributed by atoms with Crippen LogP contribution in [0.4, 0.5) is 10.1 Å². The molecule has 0 radical (unpaired) electrons. The molecule has 0 spiro atoms. The monoisotopic (exact) mass is 270 g/mol. The smallest absolute Gasteiger partial charge is 0.145 e. The van der Waals surface area contributed by atoms with Crippen molar-refractivity contribution in [1.82, 2.24) is 9.59 Å². The lowest BCUT2D eigenvalue weighted by Crippen LogP contribution is -2.12. The Morgan fingerprint density at radius 2 is 2.29 bits per heavy atom. The second-order valence-electron chi connectivity index (χ2n) is 3.28. The first-order valence-electron chi connectivity index (χ1n) is 4.66. The van der Waals surface area contributed by atoms with Crippen molar-refractivity contribution < 1.29 is 4.39 Å². The maximum Gasteiger partial charge on any atom is 0.145 e. The molecule has 1 aromatic heterocycles. The van der Waals surface area contributed by atoms with Crippen LogP contribution in [0, 0.1) is 12.7 Å². The normalized spacial score (nSPS) is 11.8. The summed E-state index contributed by atoms with van der Waals surface area (Å²) in [4.78, 5) is 4.84. The lowest BCUT2D eigenvalue weighted by molar-refractivity contribution is 0.628. The molecule has 0 atom stereocenters. The van der Waals surface area contributed by atoms with E-state index in [4.69, 9.17) is 17.3 Å². The summed E-state index contributed by atoms with van der Waals surface area (Å²) in [6.07, 6.45) is 0. The summed E-state index contributed by atoms with van der Waals surface area (Å²) in [5.74, 6) is -0.194. The summed E-state index contributed by atoms with van der Waals surface area (Å²) < 4.78 is 16.7. The number of aryl methyl sites for hydroxylation is 1. The first kappa shape index (κ1) is 11.9. The van der Waals surface area contributed by atoms with Gasteiger partial charge in [-0.15, -0.1) is 5.10 Å². The zero-order chi connectivity index (χ0) is 12.4. The van der Waals surface area contributed by atoms with Gasteiger partial charge in [-0.1, -0.05) is 16.1 Å². The Kier molecular flexibility index (Phi) is 3.35. The molecule has 0 fully saturated rings. The molecule has 0 saturated carbocycles. The second kappa shape index (κ2) is 4.77. The maximum atomic E-state index is 12.9. The second-order valence-corrected chi connectivity index (χ2v) is 4.44. The first-order valence-corrected chi connectivity index (χ1v) is 5.81. The molecular weight excluding hydrogens is 263 g/mol. The van der Waals surface area contributed by atoms with Gasteiger partial charge in [-0.25, -0.2) is 9.38 Å². The van der Waals surface area contributed by atoms with Gasteiger partial charge in [0.05, 0.1) is 16.4 Å². The van der Waals surface area contributed by atoms with Gasteiger partial charge in [0.1, 0.15) is 16.5 Å². The van der Waals surface area contributed by atoms with E-state index in [9.17, 15) is 4.39 Å². The summed E-state index contributed by atoms with van der Waals surface area (Å²) in [7, 11) is 0. The van der Waals surface area contributed by atoms with Crippen LogP contribution in [0.25, 0.3) is 0 Å². The fourth-order valence-corrected chi connectivity index (χ4v) is 1.94. The van der Waals surface area contributed by atoms with E-state index in [-0.39, 0.29) is 5.02 Å². The molecule has 1 heterocycles. The Labute approximate surface area is 106 Å². The number of benzene rings is 1. The highest BCUT2D eigenvalue weighted by molar-refractivity contribution is 7.08. The van der Waals surface area contributed by atoms with Crippen molar-refractivity contribution in [2.45, 2.75) is 6.92 Å². The number of hydrogen-bond acceptors (Lipinski definition) is 4. The van der Waals surface area contributed by atoms with E-state index < -0.39 is 5.82 Å². The highest BCUT2D eigenvalue weighted by Gasteiger charge is 2.08. The van der Waals surface area contributed by atoms with Crippen LogP contribution in [0.15, 0.2) is 23.2 Å². The molecule has 4 nitrogen and oxygen atoms in total. The fraction of sp³-hybridized carbons (Fsp3) is 0.100. The SMILES string of the molecule is Cc1nnsc1C(N)=Nc1ccc(F)c(Cl)c1. The van der Waals surface area contributed by atoms with Gasteiger partial charge in [0, 0.05) is 0 Å². The average molecular weight is 271 g/mol.